The fourth-order valence-electron chi connectivity index (χ4n) is 2.34. The highest BCUT2D eigenvalue weighted by molar-refractivity contribution is 5.78. The number of hydrogen-bond acceptors (Lipinski definition) is 3. The van der Waals surface area contributed by atoms with Crippen molar-refractivity contribution in [3.05, 3.63) is 42.1 Å². The quantitative estimate of drug-likeness (QED) is 0.869. The van der Waals surface area contributed by atoms with Crippen LogP contribution < -0.4 is 5.32 Å². The molecule has 3 rings (SSSR count). The molecule has 1 aliphatic heterocycles. The molecule has 1 aliphatic rings. The molecular weight excluding hydrogens is 212 g/mol. The lowest BCUT2D eigenvalue weighted by molar-refractivity contribution is -0.0502. The van der Waals surface area contributed by atoms with Crippen molar-refractivity contribution in [1.29, 1.82) is 0 Å². The lowest BCUT2D eigenvalue weighted by atomic mass is 9.88. The maximum atomic E-state index is 5.61. The predicted octanol–water partition coefficient (Wildman–Crippen LogP) is 1.77. The van der Waals surface area contributed by atoms with E-state index in [0.29, 0.717) is 0 Å². The monoisotopic (exact) mass is 228 g/mol. The van der Waals surface area contributed by atoms with E-state index in [1.54, 1.807) is 7.11 Å². The van der Waals surface area contributed by atoms with E-state index >= 15 is 0 Å². The summed E-state index contributed by atoms with van der Waals surface area (Å²) in [5.41, 5.74) is 2.34. The third-order valence-corrected chi connectivity index (χ3v) is 3.52. The Hall–Kier alpha value is -1.45. The van der Waals surface area contributed by atoms with Gasteiger partial charge in [0, 0.05) is 38.2 Å². The van der Waals surface area contributed by atoms with Crippen molar-refractivity contribution in [1.82, 2.24) is 10.3 Å². The Morgan fingerprint density at radius 3 is 2.94 bits per heavy atom. The lowest BCUT2D eigenvalue weighted by Crippen LogP contribution is -2.61. The van der Waals surface area contributed by atoms with Crippen molar-refractivity contribution < 1.29 is 4.74 Å². The number of methoxy groups -OCH3 is 1. The van der Waals surface area contributed by atoms with Gasteiger partial charge in [0.25, 0.3) is 0 Å². The van der Waals surface area contributed by atoms with Crippen molar-refractivity contribution in [2.24, 2.45) is 0 Å². The topological polar surface area (TPSA) is 34.1 Å². The molecule has 3 nitrogen and oxygen atoms in total. The summed E-state index contributed by atoms with van der Waals surface area (Å²) in [5.74, 6) is 0. The lowest BCUT2D eigenvalue weighted by Gasteiger charge is -2.41. The molecule has 3 heteroatoms. The van der Waals surface area contributed by atoms with Crippen LogP contribution in [-0.4, -0.2) is 30.8 Å². The highest BCUT2D eigenvalue weighted by Gasteiger charge is 2.36. The number of fused-ring (bicyclic) bond motifs is 1. The van der Waals surface area contributed by atoms with Crippen LogP contribution in [0.25, 0.3) is 10.9 Å². The number of hydrogen-bond donors (Lipinski definition) is 1. The first-order chi connectivity index (χ1) is 8.31. The molecule has 17 heavy (non-hydrogen) atoms. The second-order valence-corrected chi connectivity index (χ2v) is 4.70. The van der Waals surface area contributed by atoms with Crippen molar-refractivity contribution in [3.63, 3.8) is 0 Å². The second kappa shape index (κ2) is 4.09. The Balaban J connectivity index is 1.90. The van der Waals surface area contributed by atoms with Crippen LogP contribution in [0.4, 0.5) is 0 Å². The normalized spacial score (nSPS) is 17.9. The molecule has 0 amide bonds. The number of rotatable bonds is 3. The summed E-state index contributed by atoms with van der Waals surface area (Å²) < 4.78 is 5.61. The third-order valence-electron chi connectivity index (χ3n) is 3.52. The molecular formula is C14H16N2O. The fraction of sp³-hybridized carbons (Fsp3) is 0.357. The summed E-state index contributed by atoms with van der Waals surface area (Å²) in [4.78, 5) is 4.39. The molecule has 0 unspecified atom stereocenters. The van der Waals surface area contributed by atoms with Gasteiger partial charge in [-0.1, -0.05) is 18.2 Å². The van der Waals surface area contributed by atoms with Gasteiger partial charge in [-0.05, 0) is 17.7 Å². The Morgan fingerprint density at radius 1 is 1.35 bits per heavy atom. The minimum absolute atomic E-state index is 0.0115. The molecule has 1 aromatic carbocycles. The summed E-state index contributed by atoms with van der Waals surface area (Å²) in [6.45, 7) is 1.87. The van der Waals surface area contributed by atoms with Gasteiger partial charge in [-0.25, -0.2) is 0 Å². The number of benzene rings is 1. The van der Waals surface area contributed by atoms with Gasteiger partial charge in [-0.15, -0.1) is 0 Å². The van der Waals surface area contributed by atoms with Gasteiger partial charge >= 0.3 is 0 Å². The minimum atomic E-state index is -0.0115. The van der Waals surface area contributed by atoms with Crippen LogP contribution in [0.15, 0.2) is 36.5 Å². The van der Waals surface area contributed by atoms with Gasteiger partial charge in [-0.3, -0.25) is 4.98 Å². The first-order valence-corrected chi connectivity index (χ1v) is 5.91. The van der Waals surface area contributed by atoms with Crippen LogP contribution in [-0.2, 0) is 11.2 Å². The van der Waals surface area contributed by atoms with Gasteiger partial charge in [0.05, 0.1) is 11.1 Å². The van der Waals surface area contributed by atoms with Crippen LogP contribution in [0.5, 0.6) is 0 Å². The molecule has 1 saturated heterocycles. The standard InChI is InChI=1S/C14H16N2O/c1-17-14(9-15-10-14)8-11-4-5-12-3-2-6-16-13(12)7-11/h2-7,15H,8-10H2,1H3. The number of aromatic nitrogens is 1. The maximum Gasteiger partial charge on any atom is 0.0966 e. The average molecular weight is 228 g/mol. The van der Waals surface area contributed by atoms with Gasteiger partial charge in [0.15, 0.2) is 0 Å². The smallest absolute Gasteiger partial charge is 0.0966 e. The Morgan fingerprint density at radius 2 is 2.24 bits per heavy atom. The second-order valence-electron chi connectivity index (χ2n) is 4.70. The third kappa shape index (κ3) is 1.92. The molecule has 0 aliphatic carbocycles. The van der Waals surface area contributed by atoms with Gasteiger partial charge < -0.3 is 10.1 Å². The number of nitrogens with zero attached hydrogens (tertiary/aromatic N) is 1. The van der Waals surface area contributed by atoms with E-state index in [1.807, 2.05) is 12.3 Å². The zero-order chi connectivity index (χ0) is 11.7. The van der Waals surface area contributed by atoms with E-state index in [9.17, 15) is 0 Å². The van der Waals surface area contributed by atoms with E-state index in [0.717, 1.165) is 25.0 Å². The molecule has 88 valence electrons. The summed E-state index contributed by atoms with van der Waals surface area (Å²) in [7, 11) is 1.79. The maximum absolute atomic E-state index is 5.61. The Kier molecular flexibility index (Phi) is 2.57. The van der Waals surface area contributed by atoms with E-state index in [1.165, 1.54) is 10.9 Å². The van der Waals surface area contributed by atoms with Crippen molar-refractivity contribution in [2.45, 2.75) is 12.0 Å². The highest BCUT2D eigenvalue weighted by atomic mass is 16.5. The molecule has 0 radical (unpaired) electrons. The Labute approximate surface area is 101 Å². The van der Waals surface area contributed by atoms with Crippen molar-refractivity contribution >= 4 is 10.9 Å². The molecule has 1 N–H and O–H groups in total. The zero-order valence-corrected chi connectivity index (χ0v) is 9.94. The molecule has 0 atom stereocenters. The minimum Gasteiger partial charge on any atom is -0.375 e. The molecule has 0 bridgehead atoms. The molecule has 1 aromatic heterocycles. The summed E-state index contributed by atoms with van der Waals surface area (Å²) >= 11 is 0. The number of nitrogens with one attached hydrogen (secondary N) is 1. The Bertz CT molecular complexity index is 529. The first kappa shape index (κ1) is 10.7. The van der Waals surface area contributed by atoms with E-state index in [-0.39, 0.29) is 5.60 Å². The predicted molar refractivity (Wildman–Crippen MR) is 68.1 cm³/mol. The van der Waals surface area contributed by atoms with Crippen LogP contribution in [0.1, 0.15) is 5.56 Å². The van der Waals surface area contributed by atoms with Crippen LogP contribution in [0.2, 0.25) is 0 Å². The summed E-state index contributed by atoms with van der Waals surface area (Å²) in [6, 6.07) is 10.5. The SMILES string of the molecule is COC1(Cc2ccc3cccnc3c2)CNC1. The summed E-state index contributed by atoms with van der Waals surface area (Å²) in [6.07, 6.45) is 2.78. The largest absolute Gasteiger partial charge is 0.375 e. The molecule has 2 heterocycles. The molecule has 2 aromatic rings. The van der Waals surface area contributed by atoms with Crippen LogP contribution in [0.3, 0.4) is 0 Å². The van der Waals surface area contributed by atoms with Crippen LogP contribution in [0, 0.1) is 0 Å². The summed E-state index contributed by atoms with van der Waals surface area (Å²) in [5, 5.41) is 4.46. The van der Waals surface area contributed by atoms with Crippen molar-refractivity contribution in [2.75, 3.05) is 20.2 Å². The number of pyridine rings is 1. The molecule has 0 saturated carbocycles. The van der Waals surface area contributed by atoms with E-state index in [4.69, 9.17) is 4.74 Å². The van der Waals surface area contributed by atoms with Gasteiger partial charge in [0.2, 0.25) is 0 Å². The fourth-order valence-corrected chi connectivity index (χ4v) is 2.34. The van der Waals surface area contributed by atoms with Gasteiger partial charge in [0.1, 0.15) is 0 Å². The van der Waals surface area contributed by atoms with Crippen molar-refractivity contribution in [3.8, 4) is 0 Å². The molecule has 0 spiro atoms. The zero-order valence-electron chi connectivity index (χ0n) is 9.94. The molecule has 1 fully saturated rings. The number of ether oxygens (including phenoxy) is 1. The average Bonchev–Trinajstić information content (AvgIpc) is 2.34. The van der Waals surface area contributed by atoms with E-state index < -0.39 is 0 Å². The van der Waals surface area contributed by atoms with Gasteiger partial charge in [-0.2, -0.15) is 0 Å². The van der Waals surface area contributed by atoms with Crippen LogP contribution >= 0.6 is 0 Å². The highest BCUT2D eigenvalue weighted by Crippen LogP contribution is 2.23. The van der Waals surface area contributed by atoms with E-state index in [2.05, 4.69) is 34.6 Å². The first-order valence-electron chi connectivity index (χ1n) is 5.91.